The number of hydrogen-bond donors (Lipinski definition) is 1. The van der Waals surface area contributed by atoms with Crippen LogP contribution in [0.4, 0.5) is 0 Å². The second-order valence-electron chi connectivity index (χ2n) is 6.10. The molecule has 6 nitrogen and oxygen atoms in total. The molecule has 3 aromatic carbocycles. The largest absolute Gasteiger partial charge is 0.422 e. The zero-order valence-corrected chi connectivity index (χ0v) is 17.8. The summed E-state index contributed by atoms with van der Waals surface area (Å²) in [4.78, 5) is 14.6. The Hall–Kier alpha value is -2.97. The fourth-order valence-corrected chi connectivity index (χ4v) is 3.55. The van der Waals surface area contributed by atoms with Crippen LogP contribution in [-0.2, 0) is 10.0 Å². The number of hydrazone groups is 1. The van der Waals surface area contributed by atoms with E-state index in [0.29, 0.717) is 11.1 Å². The van der Waals surface area contributed by atoms with Crippen LogP contribution in [0.15, 0.2) is 87.3 Å². The Morgan fingerprint density at radius 3 is 2.41 bits per heavy atom. The summed E-state index contributed by atoms with van der Waals surface area (Å²) in [6.45, 7) is 1.87. The van der Waals surface area contributed by atoms with Gasteiger partial charge in [0.1, 0.15) is 5.75 Å². The SMILES string of the molecule is Cc1ccc(S(=O)(=O)N/N=C/c2cc(Br)ccc2OC(=O)c2ccccc2)cc1. The Labute approximate surface area is 177 Å². The van der Waals surface area contributed by atoms with Gasteiger partial charge in [0.25, 0.3) is 10.0 Å². The molecule has 1 N–H and O–H groups in total. The smallest absolute Gasteiger partial charge is 0.343 e. The van der Waals surface area contributed by atoms with Gasteiger partial charge in [-0.1, -0.05) is 51.8 Å². The molecule has 0 bridgehead atoms. The standard InChI is InChI=1S/C21H17BrN2O4S/c1-15-7-10-19(11-8-15)29(26,27)24-23-14-17-13-18(22)9-12-20(17)28-21(25)16-5-3-2-4-6-16/h2-14,24H,1H3/b23-14+. The number of esters is 1. The Balaban J connectivity index is 1.79. The highest BCUT2D eigenvalue weighted by Crippen LogP contribution is 2.23. The van der Waals surface area contributed by atoms with Crippen LogP contribution >= 0.6 is 15.9 Å². The van der Waals surface area contributed by atoms with E-state index in [2.05, 4.69) is 25.9 Å². The molecule has 8 heteroatoms. The van der Waals surface area contributed by atoms with Crippen molar-refractivity contribution in [1.29, 1.82) is 0 Å². The van der Waals surface area contributed by atoms with Crippen LogP contribution in [0.1, 0.15) is 21.5 Å². The third-order valence-electron chi connectivity index (χ3n) is 3.89. The van der Waals surface area contributed by atoms with Crippen LogP contribution in [0, 0.1) is 6.92 Å². The molecule has 0 aliphatic heterocycles. The molecule has 0 saturated carbocycles. The zero-order valence-electron chi connectivity index (χ0n) is 15.4. The van der Waals surface area contributed by atoms with Gasteiger partial charge in [-0.25, -0.2) is 9.63 Å². The summed E-state index contributed by atoms with van der Waals surface area (Å²) in [5.41, 5.74) is 1.78. The molecule has 0 aromatic heterocycles. The van der Waals surface area contributed by atoms with Gasteiger partial charge in [0.05, 0.1) is 16.7 Å². The van der Waals surface area contributed by atoms with Crippen molar-refractivity contribution < 1.29 is 17.9 Å². The van der Waals surface area contributed by atoms with Crippen molar-refractivity contribution in [3.63, 3.8) is 0 Å². The molecule has 0 heterocycles. The molecule has 0 spiro atoms. The number of benzene rings is 3. The molecular weight excluding hydrogens is 456 g/mol. The lowest BCUT2D eigenvalue weighted by Gasteiger charge is -2.08. The van der Waals surface area contributed by atoms with Gasteiger partial charge in [-0.05, 0) is 49.4 Å². The lowest BCUT2D eigenvalue weighted by atomic mass is 10.2. The average molecular weight is 473 g/mol. The van der Waals surface area contributed by atoms with Gasteiger partial charge in [-0.3, -0.25) is 0 Å². The van der Waals surface area contributed by atoms with Crippen LogP contribution in [0.5, 0.6) is 5.75 Å². The lowest BCUT2D eigenvalue weighted by Crippen LogP contribution is -2.18. The van der Waals surface area contributed by atoms with Gasteiger partial charge in [0.2, 0.25) is 0 Å². The molecule has 0 fully saturated rings. The minimum atomic E-state index is -3.80. The summed E-state index contributed by atoms with van der Waals surface area (Å²) in [6, 6.07) is 19.9. The van der Waals surface area contributed by atoms with Crippen LogP contribution in [0.3, 0.4) is 0 Å². The van der Waals surface area contributed by atoms with Crippen LogP contribution in [0.25, 0.3) is 0 Å². The van der Waals surface area contributed by atoms with Crippen molar-refractivity contribution in [2.45, 2.75) is 11.8 Å². The van der Waals surface area contributed by atoms with E-state index in [4.69, 9.17) is 4.74 Å². The van der Waals surface area contributed by atoms with Gasteiger partial charge < -0.3 is 4.74 Å². The molecule has 0 radical (unpaired) electrons. The maximum absolute atomic E-state index is 12.3. The van der Waals surface area contributed by atoms with Gasteiger partial charge >= 0.3 is 5.97 Å². The fourth-order valence-electron chi connectivity index (χ4n) is 2.38. The molecule has 0 aliphatic carbocycles. The normalized spacial score (nSPS) is 11.4. The van der Waals surface area contributed by atoms with Crippen LogP contribution in [-0.4, -0.2) is 20.6 Å². The number of sulfonamides is 1. The number of ether oxygens (including phenoxy) is 1. The molecule has 0 aliphatic rings. The number of aryl methyl sites for hydroxylation is 1. The van der Waals surface area contributed by atoms with Crippen LogP contribution in [0.2, 0.25) is 0 Å². The number of halogens is 1. The van der Waals surface area contributed by atoms with Crippen molar-refractivity contribution in [2.24, 2.45) is 5.10 Å². The Bertz CT molecular complexity index is 1150. The molecule has 0 unspecified atom stereocenters. The average Bonchev–Trinajstić information content (AvgIpc) is 2.71. The molecule has 0 atom stereocenters. The summed E-state index contributed by atoms with van der Waals surface area (Å²) in [5.74, 6) is -0.275. The quantitative estimate of drug-likeness (QED) is 0.251. The number of carbonyl (C=O) groups excluding carboxylic acids is 1. The first kappa shape index (κ1) is 20.8. The first-order chi connectivity index (χ1) is 13.8. The van der Waals surface area contributed by atoms with E-state index in [1.165, 1.54) is 18.3 Å². The highest BCUT2D eigenvalue weighted by Gasteiger charge is 2.13. The second kappa shape index (κ2) is 9.02. The monoisotopic (exact) mass is 472 g/mol. The number of nitrogens with zero attached hydrogens (tertiary/aromatic N) is 1. The molecule has 29 heavy (non-hydrogen) atoms. The van der Waals surface area contributed by atoms with Gasteiger partial charge in [-0.15, -0.1) is 0 Å². The predicted molar refractivity (Wildman–Crippen MR) is 115 cm³/mol. The molecule has 3 aromatic rings. The van der Waals surface area contributed by atoms with Crippen molar-refractivity contribution in [2.75, 3.05) is 0 Å². The van der Waals surface area contributed by atoms with E-state index < -0.39 is 16.0 Å². The second-order valence-corrected chi connectivity index (χ2v) is 8.68. The van der Waals surface area contributed by atoms with E-state index in [1.54, 1.807) is 60.7 Å². The summed E-state index contributed by atoms with van der Waals surface area (Å²) >= 11 is 3.34. The molecule has 148 valence electrons. The Morgan fingerprint density at radius 1 is 1.03 bits per heavy atom. The summed E-state index contributed by atoms with van der Waals surface area (Å²) in [7, 11) is -3.80. The highest BCUT2D eigenvalue weighted by molar-refractivity contribution is 9.10. The maximum atomic E-state index is 12.3. The van der Waals surface area contributed by atoms with Crippen LogP contribution < -0.4 is 9.57 Å². The van der Waals surface area contributed by atoms with Crippen molar-refractivity contribution in [1.82, 2.24) is 4.83 Å². The van der Waals surface area contributed by atoms with Crippen molar-refractivity contribution in [3.8, 4) is 5.75 Å². The first-order valence-corrected chi connectivity index (χ1v) is 10.8. The van der Waals surface area contributed by atoms with Crippen molar-refractivity contribution >= 4 is 38.1 Å². The van der Waals surface area contributed by atoms with E-state index in [0.717, 1.165) is 10.0 Å². The fraction of sp³-hybridized carbons (Fsp3) is 0.0476. The summed E-state index contributed by atoms with van der Waals surface area (Å²) in [5, 5.41) is 3.82. The Morgan fingerprint density at radius 2 is 1.72 bits per heavy atom. The topological polar surface area (TPSA) is 84.8 Å². The predicted octanol–water partition coefficient (Wildman–Crippen LogP) is 4.29. The summed E-state index contributed by atoms with van der Waals surface area (Å²) in [6.07, 6.45) is 1.28. The van der Waals surface area contributed by atoms with E-state index in [9.17, 15) is 13.2 Å². The lowest BCUT2D eigenvalue weighted by molar-refractivity contribution is 0.0734. The highest BCUT2D eigenvalue weighted by atomic mass is 79.9. The number of carbonyl (C=O) groups is 1. The third kappa shape index (κ3) is 5.52. The molecular formula is C21H17BrN2O4S. The third-order valence-corrected chi connectivity index (χ3v) is 5.62. The number of nitrogens with one attached hydrogen (secondary N) is 1. The molecule has 0 amide bonds. The molecule has 3 rings (SSSR count). The number of rotatable bonds is 6. The molecule has 0 saturated heterocycles. The Kier molecular flexibility index (Phi) is 6.46. The van der Waals surface area contributed by atoms with E-state index in [1.807, 2.05) is 6.92 Å². The number of hydrogen-bond acceptors (Lipinski definition) is 5. The van der Waals surface area contributed by atoms with E-state index in [-0.39, 0.29) is 10.6 Å². The van der Waals surface area contributed by atoms with Gasteiger partial charge in [-0.2, -0.15) is 13.5 Å². The van der Waals surface area contributed by atoms with Gasteiger partial charge in [0, 0.05) is 10.0 Å². The zero-order chi connectivity index (χ0) is 20.9. The van der Waals surface area contributed by atoms with Crippen molar-refractivity contribution in [3.05, 3.63) is 94.0 Å². The summed E-state index contributed by atoms with van der Waals surface area (Å²) < 4.78 is 30.8. The van der Waals surface area contributed by atoms with Gasteiger partial charge in [0.15, 0.2) is 0 Å². The minimum absolute atomic E-state index is 0.102. The van der Waals surface area contributed by atoms with E-state index >= 15 is 0 Å². The maximum Gasteiger partial charge on any atom is 0.343 e. The first-order valence-electron chi connectivity index (χ1n) is 8.53. The minimum Gasteiger partial charge on any atom is -0.422 e.